The van der Waals surface area contributed by atoms with E-state index in [1.807, 2.05) is 18.2 Å². The molecule has 9 heteroatoms. The van der Waals surface area contributed by atoms with Gasteiger partial charge in [-0.05, 0) is 49.2 Å². The lowest BCUT2D eigenvalue weighted by Crippen LogP contribution is -2.31. The zero-order chi connectivity index (χ0) is 22.9. The van der Waals surface area contributed by atoms with Crippen molar-refractivity contribution >= 4 is 17.7 Å². The van der Waals surface area contributed by atoms with Gasteiger partial charge in [0, 0.05) is 12.1 Å². The normalized spacial score (nSPS) is 11.9. The molecule has 1 aliphatic heterocycles. The van der Waals surface area contributed by atoms with E-state index in [1.165, 1.54) is 26.2 Å². The summed E-state index contributed by atoms with van der Waals surface area (Å²) in [5, 5.41) is 2.69. The van der Waals surface area contributed by atoms with Gasteiger partial charge in [-0.3, -0.25) is 9.59 Å². The second-order valence-corrected chi connectivity index (χ2v) is 6.95. The Labute approximate surface area is 185 Å². The molecule has 3 rings (SSSR count). The molecule has 9 nitrogen and oxygen atoms in total. The van der Waals surface area contributed by atoms with Gasteiger partial charge in [0.05, 0.1) is 7.11 Å². The van der Waals surface area contributed by atoms with Gasteiger partial charge in [-0.15, -0.1) is 0 Å². The van der Waals surface area contributed by atoms with Gasteiger partial charge in [-0.1, -0.05) is 6.07 Å². The molecule has 1 aliphatic rings. The maximum Gasteiger partial charge on any atom is 0.344 e. The smallest absolute Gasteiger partial charge is 0.344 e. The van der Waals surface area contributed by atoms with Crippen LogP contribution in [-0.2, 0) is 20.7 Å². The topological polar surface area (TPSA) is 109 Å². The molecule has 1 heterocycles. The predicted molar refractivity (Wildman–Crippen MR) is 114 cm³/mol. The Morgan fingerprint density at radius 2 is 1.75 bits per heavy atom. The minimum Gasteiger partial charge on any atom is -0.493 e. The molecule has 0 bridgehead atoms. The lowest BCUT2D eigenvalue weighted by atomic mass is 10.1. The third-order valence-electron chi connectivity index (χ3n) is 4.62. The highest BCUT2D eigenvalue weighted by molar-refractivity contribution is 5.94. The van der Waals surface area contributed by atoms with Crippen molar-refractivity contribution in [1.82, 2.24) is 5.32 Å². The van der Waals surface area contributed by atoms with E-state index in [9.17, 15) is 14.4 Å². The number of fused-ring (bicyclic) bond motifs is 1. The Balaban J connectivity index is 1.37. The van der Waals surface area contributed by atoms with Gasteiger partial charge in [0.1, 0.15) is 13.2 Å². The Bertz CT molecular complexity index is 988. The van der Waals surface area contributed by atoms with E-state index in [-0.39, 0.29) is 5.78 Å². The van der Waals surface area contributed by atoms with Crippen molar-refractivity contribution in [2.24, 2.45) is 0 Å². The van der Waals surface area contributed by atoms with Crippen molar-refractivity contribution in [3.63, 3.8) is 0 Å². The maximum atomic E-state index is 11.9. The van der Waals surface area contributed by atoms with Crippen molar-refractivity contribution in [3.8, 4) is 23.0 Å². The van der Waals surface area contributed by atoms with E-state index in [0.29, 0.717) is 54.7 Å². The number of hydrogen-bond donors (Lipinski definition) is 1. The van der Waals surface area contributed by atoms with Crippen molar-refractivity contribution in [2.45, 2.75) is 13.3 Å². The number of ketones is 1. The number of Topliss-reactive ketones (excluding diaryl/α,β-unsaturated/α-hetero) is 1. The fourth-order valence-electron chi connectivity index (χ4n) is 2.97. The van der Waals surface area contributed by atoms with Crippen LogP contribution in [0.4, 0.5) is 0 Å². The number of methoxy groups -OCH3 is 1. The van der Waals surface area contributed by atoms with Gasteiger partial charge in [0.15, 0.2) is 42.0 Å². The number of ether oxygens (including phenoxy) is 5. The Morgan fingerprint density at radius 1 is 0.969 bits per heavy atom. The SMILES string of the molecule is COc1cc(C(C)=O)ccc1OCC(=O)OCC(=O)NCCc1ccc2c(c1)OCCO2. The van der Waals surface area contributed by atoms with Crippen LogP contribution in [0.1, 0.15) is 22.8 Å². The number of esters is 1. The number of rotatable bonds is 10. The van der Waals surface area contributed by atoms with Crippen LogP contribution < -0.4 is 24.3 Å². The van der Waals surface area contributed by atoms with Crippen molar-refractivity contribution < 1.29 is 38.1 Å². The highest BCUT2D eigenvalue weighted by Crippen LogP contribution is 2.31. The molecule has 0 aliphatic carbocycles. The highest BCUT2D eigenvalue weighted by Gasteiger charge is 2.14. The highest BCUT2D eigenvalue weighted by atomic mass is 16.6. The van der Waals surface area contributed by atoms with E-state index in [0.717, 1.165) is 5.56 Å². The second kappa shape index (κ2) is 11.0. The van der Waals surface area contributed by atoms with Gasteiger partial charge in [0.2, 0.25) is 0 Å². The first-order valence-corrected chi connectivity index (χ1v) is 10.1. The third kappa shape index (κ3) is 6.37. The molecule has 0 fully saturated rings. The molecule has 1 amide bonds. The molecule has 0 spiro atoms. The summed E-state index contributed by atoms with van der Waals surface area (Å²) in [5.41, 5.74) is 1.45. The Morgan fingerprint density at radius 3 is 2.50 bits per heavy atom. The summed E-state index contributed by atoms with van der Waals surface area (Å²) in [4.78, 5) is 35.2. The minimum absolute atomic E-state index is 0.116. The van der Waals surface area contributed by atoms with Crippen LogP contribution in [0.5, 0.6) is 23.0 Å². The number of nitrogens with one attached hydrogen (secondary N) is 1. The molecule has 32 heavy (non-hydrogen) atoms. The first kappa shape index (κ1) is 22.9. The van der Waals surface area contributed by atoms with Crippen LogP contribution in [0.3, 0.4) is 0 Å². The summed E-state index contributed by atoms with van der Waals surface area (Å²) in [5.74, 6) is 0.783. The number of carbonyl (C=O) groups excluding carboxylic acids is 3. The van der Waals surface area contributed by atoms with Gasteiger partial charge >= 0.3 is 5.97 Å². The standard InChI is InChI=1S/C23H25NO8/c1-15(25)17-4-6-18(20(12-17)28-2)31-14-23(27)32-13-22(26)24-8-7-16-3-5-19-21(11-16)30-10-9-29-19/h3-6,11-12H,7-10,13-14H2,1-2H3,(H,24,26). The van der Waals surface area contributed by atoms with E-state index in [4.69, 9.17) is 23.7 Å². The number of amides is 1. The number of carbonyl (C=O) groups is 3. The quantitative estimate of drug-likeness (QED) is 0.438. The van der Waals surface area contributed by atoms with Crippen molar-refractivity contribution in [3.05, 3.63) is 47.5 Å². The van der Waals surface area contributed by atoms with Gasteiger partial charge < -0.3 is 29.0 Å². The van der Waals surface area contributed by atoms with E-state index in [1.54, 1.807) is 6.07 Å². The first-order chi connectivity index (χ1) is 15.5. The molecule has 0 atom stereocenters. The molecule has 1 N–H and O–H groups in total. The Hall–Kier alpha value is -3.75. The summed E-state index contributed by atoms with van der Waals surface area (Å²) >= 11 is 0. The molecule has 0 saturated heterocycles. The molecule has 0 radical (unpaired) electrons. The molecule has 2 aromatic rings. The van der Waals surface area contributed by atoms with Gasteiger partial charge in [0.25, 0.3) is 5.91 Å². The molecule has 170 valence electrons. The molecule has 0 aromatic heterocycles. The average Bonchev–Trinajstić information content (AvgIpc) is 2.81. The van der Waals surface area contributed by atoms with Gasteiger partial charge in [-0.25, -0.2) is 4.79 Å². The van der Waals surface area contributed by atoms with Crippen LogP contribution >= 0.6 is 0 Å². The molecular formula is C23H25NO8. The first-order valence-electron chi connectivity index (χ1n) is 10.1. The lowest BCUT2D eigenvalue weighted by molar-refractivity contribution is -0.150. The largest absolute Gasteiger partial charge is 0.493 e. The summed E-state index contributed by atoms with van der Waals surface area (Å²) in [7, 11) is 1.43. The second-order valence-electron chi connectivity index (χ2n) is 6.95. The molecule has 0 saturated carbocycles. The maximum absolute atomic E-state index is 11.9. The third-order valence-corrected chi connectivity index (χ3v) is 4.62. The van der Waals surface area contributed by atoms with E-state index in [2.05, 4.69) is 5.32 Å². The summed E-state index contributed by atoms with van der Waals surface area (Å²) in [6, 6.07) is 10.3. The fraction of sp³-hybridized carbons (Fsp3) is 0.348. The summed E-state index contributed by atoms with van der Waals surface area (Å²) < 4.78 is 26.5. The summed E-state index contributed by atoms with van der Waals surface area (Å²) in [6.45, 7) is 2.05. The van der Waals surface area contributed by atoms with E-state index >= 15 is 0 Å². The number of benzene rings is 2. The molecular weight excluding hydrogens is 418 g/mol. The molecule has 2 aromatic carbocycles. The Kier molecular flexibility index (Phi) is 7.91. The minimum atomic E-state index is -0.704. The summed E-state index contributed by atoms with van der Waals surface area (Å²) in [6.07, 6.45) is 0.593. The zero-order valence-corrected chi connectivity index (χ0v) is 18.0. The van der Waals surface area contributed by atoms with Crippen molar-refractivity contribution in [1.29, 1.82) is 0 Å². The lowest BCUT2D eigenvalue weighted by Gasteiger charge is -2.18. The number of hydrogen-bond acceptors (Lipinski definition) is 8. The monoisotopic (exact) mass is 443 g/mol. The van der Waals surface area contributed by atoms with Crippen LogP contribution in [0.15, 0.2) is 36.4 Å². The van der Waals surface area contributed by atoms with Crippen LogP contribution in [0, 0.1) is 0 Å². The average molecular weight is 443 g/mol. The van der Waals surface area contributed by atoms with Gasteiger partial charge in [-0.2, -0.15) is 0 Å². The zero-order valence-electron chi connectivity index (χ0n) is 18.0. The molecule has 0 unspecified atom stereocenters. The van der Waals surface area contributed by atoms with Crippen LogP contribution in [0.2, 0.25) is 0 Å². The van der Waals surface area contributed by atoms with E-state index < -0.39 is 25.1 Å². The van der Waals surface area contributed by atoms with Crippen LogP contribution in [0.25, 0.3) is 0 Å². The fourth-order valence-corrected chi connectivity index (χ4v) is 2.97. The van der Waals surface area contributed by atoms with Crippen molar-refractivity contribution in [2.75, 3.05) is 40.1 Å². The predicted octanol–water partition coefficient (Wildman–Crippen LogP) is 1.95. The van der Waals surface area contributed by atoms with Crippen LogP contribution in [-0.4, -0.2) is 57.7 Å².